The van der Waals surface area contributed by atoms with E-state index in [9.17, 15) is 9.59 Å². The average molecular weight is 531 g/mol. The van der Waals surface area contributed by atoms with Crippen LogP contribution in [-0.4, -0.2) is 73.7 Å². The number of hydrogen-bond donors (Lipinski definition) is 2. The molecular weight excluding hydrogens is 504 g/mol. The van der Waals surface area contributed by atoms with E-state index in [2.05, 4.69) is 15.2 Å². The highest BCUT2D eigenvalue weighted by Gasteiger charge is 2.36. The fraction of sp³-hybridized carbons (Fsp3) is 0.286. The number of carbonyl (C=O) groups is 2. The largest absolute Gasteiger partial charge is 0.454 e. The summed E-state index contributed by atoms with van der Waals surface area (Å²) in [6.45, 7) is 1.49. The molecule has 3 aliphatic heterocycles. The molecule has 4 aromatic rings. The van der Waals surface area contributed by atoms with Gasteiger partial charge in [0.05, 0.1) is 29.3 Å². The number of nitrogens with one attached hydrogen (secondary N) is 2. The van der Waals surface area contributed by atoms with Crippen molar-refractivity contribution < 1.29 is 33.3 Å². The van der Waals surface area contributed by atoms with Crippen LogP contribution >= 0.6 is 0 Å². The smallest absolute Gasteiger partial charge is 0.259 e. The zero-order chi connectivity index (χ0) is 26.8. The van der Waals surface area contributed by atoms with Gasteiger partial charge in [0.2, 0.25) is 13.6 Å². The lowest BCUT2D eigenvalue weighted by Gasteiger charge is -2.20. The van der Waals surface area contributed by atoms with Crippen molar-refractivity contribution in [1.82, 2.24) is 19.8 Å². The second-order valence-electron chi connectivity index (χ2n) is 10.0. The van der Waals surface area contributed by atoms with Crippen molar-refractivity contribution in [2.45, 2.75) is 12.6 Å². The SMILES string of the molecule is COC(CN(C)C)Cn1cc(C2=C(c3c[nH]c4cc5c(cc34)OCO5)C(=O)NC2=O)c2cc3c(cc21)OCO3. The number of amides is 2. The topological polar surface area (TPSA) is 116 Å². The Kier molecular flexibility index (Phi) is 5.32. The molecule has 39 heavy (non-hydrogen) atoms. The molecule has 2 N–H and O–H groups in total. The Bertz CT molecular complexity index is 1710. The van der Waals surface area contributed by atoms with Gasteiger partial charge in [-0.05, 0) is 26.2 Å². The first-order valence-corrected chi connectivity index (χ1v) is 12.5. The van der Waals surface area contributed by atoms with Crippen LogP contribution in [0.5, 0.6) is 23.0 Å². The van der Waals surface area contributed by atoms with Crippen LogP contribution < -0.4 is 24.3 Å². The summed E-state index contributed by atoms with van der Waals surface area (Å²) < 4.78 is 30.2. The van der Waals surface area contributed by atoms with E-state index in [0.29, 0.717) is 58.4 Å². The van der Waals surface area contributed by atoms with Crippen LogP contribution in [0.2, 0.25) is 0 Å². The van der Waals surface area contributed by atoms with E-state index in [1.165, 1.54) is 0 Å². The third kappa shape index (κ3) is 3.73. The first-order chi connectivity index (χ1) is 18.9. The number of nitrogens with zero attached hydrogens (tertiary/aromatic N) is 2. The van der Waals surface area contributed by atoms with Crippen LogP contribution in [-0.2, 0) is 20.9 Å². The second kappa shape index (κ2) is 8.79. The number of hydrogen-bond acceptors (Lipinski definition) is 8. The predicted octanol–water partition coefficient (Wildman–Crippen LogP) is 2.72. The van der Waals surface area contributed by atoms with Gasteiger partial charge in [-0.25, -0.2) is 0 Å². The number of likely N-dealkylation sites (N-methyl/N-ethyl adjacent to an activating group) is 1. The lowest BCUT2D eigenvalue weighted by atomic mass is 9.95. The quantitative estimate of drug-likeness (QED) is 0.351. The number of aromatic amines is 1. The van der Waals surface area contributed by atoms with E-state index in [1.807, 2.05) is 49.1 Å². The Morgan fingerprint density at radius 3 is 2.18 bits per heavy atom. The molecule has 5 heterocycles. The Hall–Kier alpha value is -4.48. The lowest BCUT2D eigenvalue weighted by Crippen LogP contribution is -2.31. The van der Waals surface area contributed by atoms with Gasteiger partial charge in [0.1, 0.15) is 0 Å². The second-order valence-corrected chi connectivity index (χ2v) is 10.0. The third-order valence-corrected chi connectivity index (χ3v) is 7.32. The van der Waals surface area contributed by atoms with E-state index >= 15 is 0 Å². The van der Waals surface area contributed by atoms with E-state index in [-0.39, 0.29) is 19.7 Å². The minimum absolute atomic E-state index is 0.112. The molecule has 3 aliphatic rings. The van der Waals surface area contributed by atoms with Crippen molar-refractivity contribution in [3.05, 3.63) is 47.8 Å². The van der Waals surface area contributed by atoms with Crippen LogP contribution in [0.1, 0.15) is 11.1 Å². The van der Waals surface area contributed by atoms with Crippen molar-refractivity contribution in [2.75, 3.05) is 41.3 Å². The zero-order valence-corrected chi connectivity index (χ0v) is 21.6. The van der Waals surface area contributed by atoms with E-state index in [4.69, 9.17) is 23.7 Å². The molecule has 1 atom stereocenters. The number of ether oxygens (including phenoxy) is 5. The fourth-order valence-electron chi connectivity index (χ4n) is 5.55. The highest BCUT2D eigenvalue weighted by atomic mass is 16.7. The van der Waals surface area contributed by atoms with Crippen molar-refractivity contribution in [2.24, 2.45) is 0 Å². The van der Waals surface area contributed by atoms with Gasteiger partial charge in [-0.15, -0.1) is 0 Å². The molecule has 7 rings (SSSR count). The maximum atomic E-state index is 13.4. The Morgan fingerprint density at radius 2 is 1.51 bits per heavy atom. The molecule has 11 nitrogen and oxygen atoms in total. The average Bonchev–Trinajstić information content (AvgIpc) is 3.72. The minimum atomic E-state index is -0.461. The van der Waals surface area contributed by atoms with E-state index < -0.39 is 11.8 Å². The third-order valence-electron chi connectivity index (χ3n) is 7.32. The standard InChI is InChI=1S/C28H26N4O7/c1-31(2)9-14(35-3)10-32-11-18(16-5-22-24(7-20(16)32)39-13-37-22)26-25(27(33)30-28(26)34)17-8-29-19-6-23-21(4-15(17)19)36-12-38-23/h4-8,11,14,29H,9-10,12-13H2,1-3H3,(H,30,33,34). The van der Waals surface area contributed by atoms with Crippen LogP contribution in [0.4, 0.5) is 0 Å². The molecule has 0 aliphatic carbocycles. The predicted molar refractivity (Wildman–Crippen MR) is 142 cm³/mol. The minimum Gasteiger partial charge on any atom is -0.454 e. The fourth-order valence-corrected chi connectivity index (χ4v) is 5.55. The molecule has 200 valence electrons. The van der Waals surface area contributed by atoms with Crippen molar-refractivity contribution >= 4 is 44.8 Å². The number of aromatic nitrogens is 2. The maximum absolute atomic E-state index is 13.4. The van der Waals surface area contributed by atoms with Crippen LogP contribution in [0.15, 0.2) is 36.7 Å². The Balaban J connectivity index is 1.44. The molecule has 0 saturated carbocycles. The maximum Gasteiger partial charge on any atom is 0.259 e. The van der Waals surface area contributed by atoms with Gasteiger partial charge < -0.3 is 38.1 Å². The number of fused-ring (bicyclic) bond motifs is 4. The summed E-state index contributed by atoms with van der Waals surface area (Å²) >= 11 is 0. The molecule has 2 aromatic carbocycles. The summed E-state index contributed by atoms with van der Waals surface area (Å²) in [6, 6.07) is 7.43. The van der Waals surface area contributed by atoms with Gasteiger partial charge in [-0.1, -0.05) is 0 Å². The molecule has 0 spiro atoms. The number of rotatable bonds is 7. The monoisotopic (exact) mass is 530 g/mol. The molecule has 0 saturated heterocycles. The molecule has 11 heteroatoms. The number of methoxy groups -OCH3 is 1. The molecular formula is C28H26N4O7. The van der Waals surface area contributed by atoms with Crippen molar-refractivity contribution in [1.29, 1.82) is 0 Å². The highest BCUT2D eigenvalue weighted by molar-refractivity contribution is 6.50. The van der Waals surface area contributed by atoms with Gasteiger partial charge in [-0.3, -0.25) is 14.9 Å². The normalized spacial score (nSPS) is 16.8. The first-order valence-electron chi connectivity index (χ1n) is 12.5. The first kappa shape index (κ1) is 23.6. The summed E-state index contributed by atoms with van der Waals surface area (Å²) in [6.07, 6.45) is 3.52. The number of H-pyrrole nitrogens is 1. The summed E-state index contributed by atoms with van der Waals surface area (Å²) in [5.74, 6) is 1.51. The van der Waals surface area contributed by atoms with Crippen LogP contribution in [0.3, 0.4) is 0 Å². The van der Waals surface area contributed by atoms with Crippen molar-refractivity contribution in [3.63, 3.8) is 0 Å². The van der Waals surface area contributed by atoms with Gasteiger partial charge >= 0.3 is 0 Å². The van der Waals surface area contributed by atoms with E-state index in [0.717, 1.165) is 21.8 Å². The van der Waals surface area contributed by atoms with Crippen LogP contribution in [0, 0.1) is 0 Å². The number of imide groups is 1. The molecule has 2 aromatic heterocycles. The summed E-state index contributed by atoms with van der Waals surface area (Å²) in [4.78, 5) is 31.9. The van der Waals surface area contributed by atoms with E-state index in [1.54, 1.807) is 13.3 Å². The Morgan fingerprint density at radius 1 is 0.897 bits per heavy atom. The van der Waals surface area contributed by atoms with Gasteiger partial charge in [0.25, 0.3) is 11.8 Å². The Labute approximate surface area is 222 Å². The molecule has 0 radical (unpaired) electrons. The molecule has 0 bridgehead atoms. The zero-order valence-electron chi connectivity index (χ0n) is 21.6. The highest BCUT2D eigenvalue weighted by Crippen LogP contribution is 2.44. The molecule has 0 fully saturated rings. The van der Waals surface area contributed by atoms with Gasteiger partial charge in [0, 0.05) is 65.6 Å². The van der Waals surface area contributed by atoms with Crippen LogP contribution in [0.25, 0.3) is 33.0 Å². The summed E-state index contributed by atoms with van der Waals surface area (Å²) in [7, 11) is 5.66. The number of benzene rings is 2. The summed E-state index contributed by atoms with van der Waals surface area (Å²) in [5.41, 5.74) is 3.42. The van der Waals surface area contributed by atoms with Gasteiger partial charge in [-0.2, -0.15) is 0 Å². The lowest BCUT2D eigenvalue weighted by molar-refractivity contribution is -0.122. The molecule has 2 amide bonds. The summed E-state index contributed by atoms with van der Waals surface area (Å²) in [5, 5.41) is 4.03. The van der Waals surface area contributed by atoms with Gasteiger partial charge in [0.15, 0.2) is 23.0 Å². The number of carbonyl (C=O) groups excluding carboxylic acids is 2. The van der Waals surface area contributed by atoms with Crippen molar-refractivity contribution in [3.8, 4) is 23.0 Å². The molecule has 1 unspecified atom stereocenters.